The number of hydrogen-bond donors (Lipinski definition) is 1. The number of aromatic nitrogens is 3. The van der Waals surface area contributed by atoms with E-state index in [2.05, 4.69) is 68.6 Å². The summed E-state index contributed by atoms with van der Waals surface area (Å²) in [5, 5.41) is 5.55. The van der Waals surface area contributed by atoms with Crippen molar-refractivity contribution in [2.24, 2.45) is 5.92 Å². The number of aryl methyl sites for hydroxylation is 3. The predicted molar refractivity (Wildman–Crippen MR) is 192 cm³/mol. The highest BCUT2D eigenvalue weighted by molar-refractivity contribution is 7.18. The van der Waals surface area contributed by atoms with Crippen molar-refractivity contribution in [3.63, 3.8) is 0 Å². The molecule has 49 heavy (non-hydrogen) atoms. The van der Waals surface area contributed by atoms with Crippen LogP contribution in [0.25, 0.3) is 21.1 Å². The molecule has 0 radical (unpaired) electrons. The number of likely N-dealkylation sites (tertiary alicyclic amines) is 2. The maximum atomic E-state index is 13.0. The molecule has 0 saturated carbocycles. The van der Waals surface area contributed by atoms with Gasteiger partial charge in [0.15, 0.2) is 0 Å². The first kappa shape index (κ1) is 35.6. The number of nitrogens with zero attached hydrogens (tertiary/aromatic N) is 6. The number of carbonyl (C=O) groups excluding carboxylic acids is 1. The van der Waals surface area contributed by atoms with Crippen LogP contribution in [0.15, 0.2) is 24.3 Å². The zero-order chi connectivity index (χ0) is 35.0. The zero-order valence-corrected chi connectivity index (χ0v) is 30.5. The zero-order valence-electron chi connectivity index (χ0n) is 29.7. The second-order valence-corrected chi connectivity index (χ2v) is 15.7. The predicted octanol–water partition coefficient (Wildman–Crippen LogP) is 7.33. The fraction of sp³-hybridized carbons (Fsp3) is 0.595. The van der Waals surface area contributed by atoms with Gasteiger partial charge in [0.05, 0.1) is 11.8 Å². The van der Waals surface area contributed by atoms with Crippen molar-refractivity contribution in [2.75, 3.05) is 45.6 Å². The monoisotopic (exact) mass is 697 g/mol. The SMILES string of the molecule is Cc1nc(NC2CCN(Cc3ccc4c(cc(C)n4C[C@H](C)N4CCC(CC(=O)N(C)C)CC4)c3C)CC2)c2cc(CC(F)(F)F)sc2n1. The number of carbonyl (C=O) groups is 1. The minimum absolute atomic E-state index is 0.202. The Balaban J connectivity index is 1.05. The van der Waals surface area contributed by atoms with Gasteiger partial charge in [0.2, 0.25) is 5.91 Å². The summed E-state index contributed by atoms with van der Waals surface area (Å²) in [7, 11) is 3.68. The van der Waals surface area contributed by atoms with Gasteiger partial charge in [-0.1, -0.05) is 6.07 Å². The van der Waals surface area contributed by atoms with Gasteiger partial charge >= 0.3 is 6.18 Å². The lowest BCUT2D eigenvalue weighted by Crippen LogP contribution is -2.42. The number of fused-ring (bicyclic) bond motifs is 2. The fourth-order valence-electron chi connectivity index (χ4n) is 7.62. The van der Waals surface area contributed by atoms with E-state index in [4.69, 9.17) is 0 Å². The third kappa shape index (κ3) is 8.40. The lowest BCUT2D eigenvalue weighted by Gasteiger charge is -2.36. The second-order valence-electron chi connectivity index (χ2n) is 14.5. The molecule has 6 rings (SSSR count). The normalized spacial score (nSPS) is 18.1. The topological polar surface area (TPSA) is 69.5 Å². The van der Waals surface area contributed by atoms with Crippen LogP contribution in [-0.4, -0.2) is 93.7 Å². The summed E-state index contributed by atoms with van der Waals surface area (Å²) < 4.78 is 41.6. The smallest absolute Gasteiger partial charge is 0.367 e. The van der Waals surface area contributed by atoms with Gasteiger partial charge in [-0.2, -0.15) is 13.2 Å². The number of nitrogens with one attached hydrogen (secondary N) is 1. The van der Waals surface area contributed by atoms with E-state index < -0.39 is 12.6 Å². The highest BCUT2D eigenvalue weighted by Gasteiger charge is 2.30. The van der Waals surface area contributed by atoms with Crippen LogP contribution in [0.4, 0.5) is 19.0 Å². The Morgan fingerprint density at radius 3 is 2.41 bits per heavy atom. The average molecular weight is 698 g/mol. The van der Waals surface area contributed by atoms with Crippen molar-refractivity contribution in [3.8, 4) is 0 Å². The molecule has 8 nitrogen and oxygen atoms in total. The van der Waals surface area contributed by atoms with Crippen LogP contribution in [0.1, 0.15) is 66.6 Å². The average Bonchev–Trinajstić information content (AvgIpc) is 3.58. The van der Waals surface area contributed by atoms with E-state index in [0.29, 0.717) is 40.2 Å². The van der Waals surface area contributed by atoms with Gasteiger partial charge in [0.1, 0.15) is 16.5 Å². The number of alkyl halides is 3. The molecule has 3 aromatic heterocycles. The first-order chi connectivity index (χ1) is 23.2. The van der Waals surface area contributed by atoms with Crippen LogP contribution in [0.2, 0.25) is 0 Å². The Hall–Kier alpha value is -3.22. The highest BCUT2D eigenvalue weighted by Crippen LogP contribution is 2.34. The molecule has 2 aliphatic rings. The summed E-state index contributed by atoms with van der Waals surface area (Å²) in [5.41, 5.74) is 5.26. The molecular weight excluding hydrogens is 648 g/mol. The number of anilines is 1. The Morgan fingerprint density at radius 2 is 1.73 bits per heavy atom. The van der Waals surface area contributed by atoms with Gasteiger partial charge in [0, 0.05) is 80.3 Å². The number of piperidine rings is 2. The third-order valence-electron chi connectivity index (χ3n) is 10.6. The van der Waals surface area contributed by atoms with E-state index >= 15 is 0 Å². The van der Waals surface area contributed by atoms with Crippen molar-refractivity contribution >= 4 is 44.2 Å². The van der Waals surface area contributed by atoms with Crippen molar-refractivity contribution < 1.29 is 18.0 Å². The van der Waals surface area contributed by atoms with Gasteiger partial charge in [0.25, 0.3) is 0 Å². The van der Waals surface area contributed by atoms with Crippen LogP contribution in [-0.2, 0) is 24.3 Å². The van der Waals surface area contributed by atoms with Crippen LogP contribution in [0.3, 0.4) is 0 Å². The molecule has 1 aromatic carbocycles. The van der Waals surface area contributed by atoms with Gasteiger partial charge < -0.3 is 14.8 Å². The standard InChI is InChI=1S/C37H50F3N7OS/c1-23-17-31-25(3)28(7-8-33(31)47(23)21-24(2)46-15-9-27(10-16-46)18-34(48)44(5)6)22-45-13-11-29(12-14-45)43-35-32-19-30(20-37(38,39)40)49-36(32)42-26(4)41-35/h7-8,17,19,24,27,29H,9-16,18,20-22H2,1-6H3,(H,41,42,43)/t24-/m0/s1. The molecule has 12 heteroatoms. The molecule has 0 unspecified atom stereocenters. The van der Waals surface area contributed by atoms with Crippen molar-refractivity contribution in [2.45, 2.75) is 97.6 Å². The molecule has 5 heterocycles. The van der Waals surface area contributed by atoms with E-state index in [0.717, 1.165) is 76.3 Å². The summed E-state index contributed by atoms with van der Waals surface area (Å²) >= 11 is 1.10. The molecule has 1 N–H and O–H groups in total. The van der Waals surface area contributed by atoms with Crippen molar-refractivity contribution in [1.29, 1.82) is 0 Å². The summed E-state index contributed by atoms with van der Waals surface area (Å²) in [6.07, 6.45) is -0.508. The number of rotatable bonds is 10. The molecule has 1 atom stereocenters. The Kier molecular flexibility index (Phi) is 10.6. The van der Waals surface area contributed by atoms with Crippen molar-refractivity contribution in [1.82, 2.24) is 29.2 Å². The number of halogens is 3. The number of thiophene rings is 1. The Labute approximate surface area is 291 Å². The molecule has 2 saturated heterocycles. The number of amides is 1. The van der Waals surface area contributed by atoms with Crippen molar-refractivity contribution in [3.05, 3.63) is 51.8 Å². The van der Waals surface area contributed by atoms with Crippen LogP contribution >= 0.6 is 11.3 Å². The summed E-state index contributed by atoms with van der Waals surface area (Å²) in [6.45, 7) is 14.4. The molecule has 0 aliphatic carbocycles. The first-order valence-corrected chi connectivity index (χ1v) is 18.4. The molecule has 2 fully saturated rings. The number of benzene rings is 1. The third-order valence-corrected chi connectivity index (χ3v) is 11.6. The summed E-state index contributed by atoms with van der Waals surface area (Å²) in [5.74, 6) is 1.92. The highest BCUT2D eigenvalue weighted by atomic mass is 32.1. The lowest BCUT2D eigenvalue weighted by atomic mass is 9.92. The maximum Gasteiger partial charge on any atom is 0.393 e. The molecule has 0 bridgehead atoms. The molecule has 0 spiro atoms. The molecule has 266 valence electrons. The Morgan fingerprint density at radius 1 is 1.02 bits per heavy atom. The van der Waals surface area contributed by atoms with E-state index in [-0.39, 0.29) is 16.8 Å². The fourth-order valence-corrected chi connectivity index (χ4v) is 8.72. The van der Waals surface area contributed by atoms with Gasteiger partial charge in [-0.05, 0) is 102 Å². The van der Waals surface area contributed by atoms with Gasteiger partial charge in [-0.25, -0.2) is 9.97 Å². The minimum Gasteiger partial charge on any atom is -0.367 e. The second kappa shape index (κ2) is 14.6. The van der Waals surface area contributed by atoms with Crippen LogP contribution in [0.5, 0.6) is 0 Å². The van der Waals surface area contributed by atoms with E-state index in [1.54, 1.807) is 17.9 Å². The minimum atomic E-state index is -4.25. The lowest BCUT2D eigenvalue weighted by molar-refractivity contribution is -0.130. The van der Waals surface area contributed by atoms with Gasteiger partial charge in [-0.3, -0.25) is 14.6 Å². The molecule has 2 aliphatic heterocycles. The van der Waals surface area contributed by atoms with E-state index in [9.17, 15) is 18.0 Å². The van der Waals surface area contributed by atoms with Gasteiger partial charge in [-0.15, -0.1) is 11.3 Å². The molecular formula is C37H50F3N7OS. The van der Waals surface area contributed by atoms with E-state index in [1.807, 2.05) is 14.1 Å². The number of hydrogen-bond acceptors (Lipinski definition) is 7. The van der Waals surface area contributed by atoms with E-state index in [1.165, 1.54) is 27.7 Å². The summed E-state index contributed by atoms with van der Waals surface area (Å²) in [6, 6.07) is 9.14. The largest absolute Gasteiger partial charge is 0.393 e. The Bertz CT molecular complexity index is 1780. The van der Waals surface area contributed by atoms with Crippen LogP contribution < -0.4 is 5.32 Å². The quantitative estimate of drug-likeness (QED) is 0.187. The maximum absolute atomic E-state index is 13.0. The van der Waals surface area contributed by atoms with Crippen LogP contribution in [0, 0.1) is 26.7 Å². The molecule has 4 aromatic rings. The first-order valence-electron chi connectivity index (χ1n) is 17.6. The summed E-state index contributed by atoms with van der Waals surface area (Å²) in [4.78, 5) is 28.8. The molecule has 1 amide bonds.